The van der Waals surface area contributed by atoms with E-state index < -0.39 is 5.91 Å². The Hall–Kier alpha value is -3.37. The lowest BCUT2D eigenvalue weighted by Gasteiger charge is -2.15. The third-order valence-electron chi connectivity index (χ3n) is 4.91. The van der Waals surface area contributed by atoms with Crippen LogP contribution in [0, 0.1) is 12.3 Å². The van der Waals surface area contributed by atoms with Gasteiger partial charge in [0.25, 0.3) is 11.5 Å². The molecule has 2 N–H and O–H groups in total. The molecule has 1 amide bonds. The highest BCUT2D eigenvalue weighted by atomic mass is 32.1. The number of pyridine rings is 2. The second kappa shape index (κ2) is 8.78. The molecular weight excluding hydrogens is 416 g/mol. The van der Waals surface area contributed by atoms with Crippen LogP contribution >= 0.6 is 11.3 Å². The van der Waals surface area contributed by atoms with Crippen molar-refractivity contribution in [2.24, 2.45) is 0 Å². The summed E-state index contributed by atoms with van der Waals surface area (Å²) in [5.41, 5.74) is 1.54. The summed E-state index contributed by atoms with van der Waals surface area (Å²) in [5.74, 6) is -0.492. The zero-order valence-electron chi connectivity index (χ0n) is 17.2. The van der Waals surface area contributed by atoms with Crippen LogP contribution in [0.2, 0.25) is 0 Å². The Labute approximate surface area is 181 Å². The number of nitrogens with one attached hydrogen (secondary N) is 2. The van der Waals surface area contributed by atoms with Gasteiger partial charge in [-0.15, -0.1) is 11.3 Å². The van der Waals surface area contributed by atoms with Crippen LogP contribution in [0.15, 0.2) is 40.8 Å². The third-order valence-corrected chi connectivity index (χ3v) is 5.59. The lowest BCUT2D eigenvalue weighted by molar-refractivity contribution is 0.102. The first-order valence-electron chi connectivity index (χ1n) is 9.90. The van der Waals surface area contributed by atoms with Crippen molar-refractivity contribution >= 4 is 39.1 Å². The topological polar surface area (TPSA) is 114 Å². The van der Waals surface area contributed by atoms with E-state index in [1.807, 2.05) is 19.9 Å². The molecule has 0 atom stereocenters. The average molecular weight is 439 g/mol. The lowest BCUT2D eigenvalue weighted by Crippen LogP contribution is -2.32. The van der Waals surface area contributed by atoms with E-state index in [0.717, 1.165) is 5.56 Å². The highest BCUT2D eigenvalue weighted by Crippen LogP contribution is 2.15. The van der Waals surface area contributed by atoms with Crippen LogP contribution in [0.4, 0.5) is 5.13 Å². The van der Waals surface area contributed by atoms with Crippen LogP contribution in [0.25, 0.3) is 16.7 Å². The number of carbonyl (C=O) groups is 1. The van der Waals surface area contributed by atoms with Crippen LogP contribution in [-0.2, 0) is 11.3 Å². The Bertz CT molecular complexity index is 1370. The van der Waals surface area contributed by atoms with Gasteiger partial charge in [-0.05, 0) is 38.0 Å². The maximum absolute atomic E-state index is 13.3. The maximum Gasteiger partial charge on any atom is 0.267 e. The third kappa shape index (κ3) is 3.99. The Balaban J connectivity index is 1.92. The molecule has 0 spiro atoms. The number of hydrogen-bond donors (Lipinski definition) is 2. The number of aryl methyl sites for hydroxylation is 2. The molecule has 0 aliphatic carbocycles. The molecule has 4 aromatic heterocycles. The zero-order valence-corrected chi connectivity index (χ0v) is 18.0. The number of carbonyl (C=O) groups excluding carboxylic acids is 1. The monoisotopic (exact) mass is 438 g/mol. The van der Waals surface area contributed by atoms with Gasteiger partial charge in [-0.3, -0.25) is 24.7 Å². The second-order valence-corrected chi connectivity index (χ2v) is 7.83. The van der Waals surface area contributed by atoms with E-state index in [1.54, 1.807) is 28.4 Å². The molecule has 160 valence electrons. The van der Waals surface area contributed by atoms with Gasteiger partial charge in [0, 0.05) is 37.5 Å². The number of ether oxygens (including phenoxy) is 1. The molecule has 0 bridgehead atoms. The van der Waals surface area contributed by atoms with Crippen molar-refractivity contribution in [3.05, 3.63) is 62.9 Å². The van der Waals surface area contributed by atoms with Gasteiger partial charge in [-0.1, -0.05) is 6.07 Å². The quantitative estimate of drug-likeness (QED) is 0.340. The standard InChI is InChI=1S/C21H22N6O3S/c1-3-30-10-5-9-26-16(22)14(19(28)25-21-23-7-11-31-21)12-15-18(26)24-17-13(2)6-4-8-27(17)20(15)29/h4,6-8,11-12,22H,3,5,9-10H2,1-2H3,(H,23,25,28). The summed E-state index contributed by atoms with van der Waals surface area (Å²) in [7, 11) is 0. The van der Waals surface area contributed by atoms with E-state index >= 15 is 0 Å². The molecule has 0 fully saturated rings. The Morgan fingerprint density at radius 3 is 2.94 bits per heavy atom. The molecule has 31 heavy (non-hydrogen) atoms. The van der Waals surface area contributed by atoms with E-state index in [0.29, 0.717) is 42.6 Å². The van der Waals surface area contributed by atoms with Crippen molar-refractivity contribution in [1.29, 1.82) is 5.41 Å². The molecular formula is C21H22N6O3S. The highest BCUT2D eigenvalue weighted by molar-refractivity contribution is 7.13. The number of aromatic nitrogens is 4. The molecule has 9 nitrogen and oxygen atoms in total. The van der Waals surface area contributed by atoms with E-state index in [4.69, 9.17) is 15.1 Å². The minimum absolute atomic E-state index is 0.0112. The fourth-order valence-electron chi connectivity index (χ4n) is 3.41. The maximum atomic E-state index is 13.3. The van der Waals surface area contributed by atoms with E-state index in [2.05, 4.69) is 10.3 Å². The fourth-order valence-corrected chi connectivity index (χ4v) is 3.93. The van der Waals surface area contributed by atoms with Crippen LogP contribution in [0.3, 0.4) is 0 Å². The fraction of sp³-hybridized carbons (Fsp3) is 0.286. The summed E-state index contributed by atoms with van der Waals surface area (Å²) in [4.78, 5) is 34.9. The Morgan fingerprint density at radius 1 is 1.35 bits per heavy atom. The summed E-state index contributed by atoms with van der Waals surface area (Å²) < 4.78 is 8.50. The number of anilines is 1. The van der Waals surface area contributed by atoms with E-state index in [1.165, 1.54) is 21.8 Å². The van der Waals surface area contributed by atoms with E-state index in [-0.39, 0.29) is 22.0 Å². The van der Waals surface area contributed by atoms with E-state index in [9.17, 15) is 9.59 Å². The summed E-state index contributed by atoms with van der Waals surface area (Å²) in [6, 6.07) is 5.11. The Morgan fingerprint density at radius 2 is 2.19 bits per heavy atom. The van der Waals surface area contributed by atoms with Gasteiger partial charge < -0.3 is 9.30 Å². The first-order chi connectivity index (χ1) is 15.0. The van der Waals surface area contributed by atoms with Crippen LogP contribution < -0.4 is 16.4 Å². The molecule has 10 heteroatoms. The SMILES string of the molecule is CCOCCCn1c(=N)c(C(=O)Nc2nccs2)cc2c(=O)n3cccc(C)c3nc21. The predicted molar refractivity (Wildman–Crippen MR) is 119 cm³/mol. The molecule has 4 aromatic rings. The van der Waals surface area contributed by atoms with Gasteiger partial charge in [-0.2, -0.15) is 0 Å². The molecule has 4 rings (SSSR count). The average Bonchev–Trinajstić information content (AvgIpc) is 3.26. The van der Waals surface area contributed by atoms with Crippen molar-refractivity contribution < 1.29 is 9.53 Å². The molecule has 0 unspecified atom stereocenters. The smallest absolute Gasteiger partial charge is 0.267 e. The predicted octanol–water partition coefficient (Wildman–Crippen LogP) is 2.57. The van der Waals surface area contributed by atoms with Gasteiger partial charge in [-0.25, -0.2) is 9.97 Å². The zero-order chi connectivity index (χ0) is 22.0. The lowest BCUT2D eigenvalue weighted by atomic mass is 10.2. The van der Waals surface area contributed by atoms with Crippen molar-refractivity contribution in [2.45, 2.75) is 26.8 Å². The summed E-state index contributed by atoms with van der Waals surface area (Å²) >= 11 is 1.28. The first-order valence-corrected chi connectivity index (χ1v) is 10.8. The van der Waals surface area contributed by atoms with Crippen LogP contribution in [-0.4, -0.2) is 38.1 Å². The molecule has 0 aliphatic heterocycles. The summed E-state index contributed by atoms with van der Waals surface area (Å²) in [6.45, 7) is 5.29. The van der Waals surface area contributed by atoms with Crippen molar-refractivity contribution in [3.8, 4) is 0 Å². The first kappa shape index (κ1) is 20.9. The summed E-state index contributed by atoms with van der Waals surface area (Å²) in [5, 5.41) is 13.8. The molecule has 0 saturated carbocycles. The largest absolute Gasteiger partial charge is 0.382 e. The number of hydrogen-bond acceptors (Lipinski definition) is 7. The Kier molecular flexibility index (Phi) is 5.92. The molecule has 0 radical (unpaired) electrons. The van der Waals surface area contributed by atoms with Crippen LogP contribution in [0.1, 0.15) is 29.3 Å². The van der Waals surface area contributed by atoms with Crippen molar-refractivity contribution in [3.63, 3.8) is 0 Å². The number of rotatable bonds is 7. The van der Waals surface area contributed by atoms with Crippen LogP contribution in [0.5, 0.6) is 0 Å². The number of nitrogens with zero attached hydrogens (tertiary/aromatic N) is 4. The molecule has 0 aromatic carbocycles. The van der Waals surface area contributed by atoms with Crippen molar-refractivity contribution in [1.82, 2.24) is 18.9 Å². The van der Waals surface area contributed by atoms with Gasteiger partial charge in [0.2, 0.25) is 0 Å². The summed E-state index contributed by atoms with van der Waals surface area (Å²) in [6.07, 6.45) is 3.85. The number of thiazole rings is 1. The second-order valence-electron chi connectivity index (χ2n) is 6.94. The minimum Gasteiger partial charge on any atom is -0.382 e. The molecule has 0 aliphatic rings. The van der Waals surface area contributed by atoms with Gasteiger partial charge in [0.15, 0.2) is 5.13 Å². The minimum atomic E-state index is -0.492. The van der Waals surface area contributed by atoms with Gasteiger partial charge in [0.05, 0.1) is 10.9 Å². The molecule has 0 saturated heterocycles. The van der Waals surface area contributed by atoms with Gasteiger partial charge in [0.1, 0.15) is 16.8 Å². The van der Waals surface area contributed by atoms with Gasteiger partial charge >= 0.3 is 0 Å². The number of fused-ring (bicyclic) bond motifs is 2. The van der Waals surface area contributed by atoms with Crippen molar-refractivity contribution in [2.75, 3.05) is 18.5 Å². The molecule has 4 heterocycles. The highest BCUT2D eigenvalue weighted by Gasteiger charge is 2.18. The normalized spacial score (nSPS) is 11.3. The number of amides is 1.